The number of ether oxygens (including phenoxy) is 1. The number of benzene rings is 3. The van der Waals surface area contributed by atoms with Crippen LogP contribution in [-0.4, -0.2) is 44.9 Å². The Morgan fingerprint density at radius 1 is 0.878 bits per heavy atom. The summed E-state index contributed by atoms with van der Waals surface area (Å²) in [6, 6.07) is 21.5. The topological polar surface area (TPSA) is 115 Å². The summed E-state index contributed by atoms with van der Waals surface area (Å²) >= 11 is 0. The molecule has 0 N–H and O–H groups in total. The van der Waals surface area contributed by atoms with Crippen LogP contribution in [0.1, 0.15) is 37.7 Å². The SMILES string of the molecule is CCOC(=O)[C@@]12[C@H]3C=CCC(S(=O)(=O)c4ccccc4)(S(=O)(=O)c4ccccc4)[C@@H]1c1ccccc1N2C(=O)CC3. The van der Waals surface area contributed by atoms with Gasteiger partial charge in [0.25, 0.3) is 0 Å². The molecule has 3 aliphatic rings. The van der Waals surface area contributed by atoms with Crippen molar-refractivity contribution in [2.75, 3.05) is 11.5 Å². The highest BCUT2D eigenvalue weighted by Crippen LogP contribution is 2.65. The number of nitrogens with zero attached hydrogens (tertiary/aromatic N) is 1. The number of fused-ring (bicyclic) bond motifs is 3. The molecule has 41 heavy (non-hydrogen) atoms. The molecular formula is C31H29NO7S2. The Morgan fingerprint density at radius 2 is 1.44 bits per heavy atom. The van der Waals surface area contributed by atoms with Crippen molar-refractivity contribution in [1.29, 1.82) is 0 Å². The van der Waals surface area contributed by atoms with Crippen LogP contribution < -0.4 is 4.90 Å². The average Bonchev–Trinajstić information content (AvgIpc) is 3.20. The van der Waals surface area contributed by atoms with Crippen LogP contribution in [0, 0.1) is 5.92 Å². The van der Waals surface area contributed by atoms with Gasteiger partial charge in [-0.15, -0.1) is 0 Å². The van der Waals surface area contributed by atoms with Crippen LogP contribution in [0.2, 0.25) is 0 Å². The molecule has 1 amide bonds. The first-order valence-electron chi connectivity index (χ1n) is 13.5. The Bertz CT molecular complexity index is 1700. The van der Waals surface area contributed by atoms with Gasteiger partial charge in [-0.3, -0.25) is 9.69 Å². The number of anilines is 1. The van der Waals surface area contributed by atoms with Crippen LogP contribution in [0.15, 0.2) is 107 Å². The highest BCUT2D eigenvalue weighted by molar-refractivity contribution is 8.10. The predicted octanol–water partition coefficient (Wildman–Crippen LogP) is 4.43. The van der Waals surface area contributed by atoms with Gasteiger partial charge in [-0.1, -0.05) is 66.7 Å². The summed E-state index contributed by atoms with van der Waals surface area (Å²) < 4.78 is 63.4. The standard InChI is InChI=1S/C31H29NO7S2/c1-2-39-29(34)31-22-12-11-21-30(40(35,36)23-13-5-3-6-14-23,41(37,38)24-15-7-4-8-16-24)28(31)25-17-9-10-18-26(25)32(31)27(33)20-19-22/h3-18,22,28H,2,19-21H2,1H3/t22-,28-,31+/m0/s1. The first-order chi connectivity index (χ1) is 19.7. The molecule has 2 aliphatic heterocycles. The number of carbonyl (C=O) groups excluding carboxylic acids is 2. The molecule has 0 aromatic heterocycles. The van der Waals surface area contributed by atoms with E-state index in [1.807, 2.05) is 0 Å². The Hall–Kier alpha value is -3.76. The van der Waals surface area contributed by atoms with Gasteiger partial charge in [0.05, 0.1) is 22.3 Å². The molecule has 1 aliphatic carbocycles. The fourth-order valence-corrected chi connectivity index (χ4v) is 12.5. The maximum absolute atomic E-state index is 15.1. The van der Waals surface area contributed by atoms with E-state index in [2.05, 4.69) is 0 Å². The van der Waals surface area contributed by atoms with Gasteiger partial charge in [0.2, 0.25) is 5.91 Å². The quantitative estimate of drug-likeness (QED) is 0.308. The Kier molecular flexibility index (Phi) is 6.46. The predicted molar refractivity (Wildman–Crippen MR) is 153 cm³/mol. The maximum Gasteiger partial charge on any atom is 0.333 e. The molecule has 8 nitrogen and oxygen atoms in total. The number of esters is 1. The summed E-state index contributed by atoms with van der Waals surface area (Å²) in [5.74, 6) is -3.38. The number of piperidine rings is 1. The first-order valence-corrected chi connectivity index (χ1v) is 16.5. The number of sulfone groups is 2. The summed E-state index contributed by atoms with van der Waals surface area (Å²) in [4.78, 5) is 29.1. The van der Waals surface area contributed by atoms with Crippen molar-refractivity contribution in [3.8, 4) is 0 Å². The van der Waals surface area contributed by atoms with E-state index in [0.717, 1.165) is 0 Å². The third-order valence-corrected chi connectivity index (χ3v) is 14.3. The van der Waals surface area contributed by atoms with Crippen LogP contribution in [0.3, 0.4) is 0 Å². The van der Waals surface area contributed by atoms with Gasteiger partial charge in [-0.25, -0.2) is 21.6 Å². The van der Waals surface area contributed by atoms with Crippen molar-refractivity contribution >= 4 is 37.2 Å². The van der Waals surface area contributed by atoms with E-state index < -0.39 is 53.5 Å². The van der Waals surface area contributed by atoms with Gasteiger partial charge in [0, 0.05) is 24.4 Å². The number of hydrogen-bond acceptors (Lipinski definition) is 7. The molecule has 0 unspecified atom stereocenters. The van der Waals surface area contributed by atoms with Crippen LogP contribution in [-0.2, 0) is 34.0 Å². The van der Waals surface area contributed by atoms with Gasteiger partial charge < -0.3 is 4.74 Å². The van der Waals surface area contributed by atoms with Crippen molar-refractivity contribution in [2.24, 2.45) is 5.92 Å². The highest BCUT2D eigenvalue weighted by atomic mass is 32.3. The summed E-state index contributed by atoms with van der Waals surface area (Å²) in [7, 11) is -9.54. The number of hydrogen-bond donors (Lipinski definition) is 0. The van der Waals surface area contributed by atoms with Crippen LogP contribution >= 0.6 is 0 Å². The third-order valence-electron chi connectivity index (χ3n) is 8.61. The number of para-hydroxylation sites is 1. The molecular weight excluding hydrogens is 562 g/mol. The molecule has 2 heterocycles. The molecule has 3 aromatic carbocycles. The molecule has 212 valence electrons. The van der Waals surface area contributed by atoms with Crippen LogP contribution in [0.4, 0.5) is 5.69 Å². The fraction of sp³-hybridized carbons (Fsp3) is 0.290. The van der Waals surface area contributed by atoms with E-state index in [9.17, 15) is 9.59 Å². The van der Waals surface area contributed by atoms with Gasteiger partial charge in [-0.05, 0) is 49.2 Å². The monoisotopic (exact) mass is 591 g/mol. The van der Waals surface area contributed by atoms with Crippen molar-refractivity contribution in [3.05, 3.63) is 103 Å². The van der Waals surface area contributed by atoms with Crippen LogP contribution in [0.25, 0.3) is 0 Å². The minimum absolute atomic E-state index is 0.0357. The molecule has 3 atom stereocenters. The number of amides is 1. The summed E-state index contributed by atoms with van der Waals surface area (Å²) in [6.45, 7) is 1.59. The lowest BCUT2D eigenvalue weighted by atomic mass is 9.68. The first kappa shape index (κ1) is 27.4. The smallest absolute Gasteiger partial charge is 0.333 e. The van der Waals surface area contributed by atoms with E-state index in [1.165, 1.54) is 53.4 Å². The van der Waals surface area contributed by atoms with Crippen molar-refractivity contribution in [2.45, 2.75) is 51.5 Å². The molecule has 0 bridgehead atoms. The average molecular weight is 592 g/mol. The Morgan fingerprint density at radius 3 is 2.02 bits per heavy atom. The minimum atomic E-state index is -4.77. The summed E-state index contributed by atoms with van der Waals surface area (Å²) in [5, 5.41) is 0. The highest BCUT2D eigenvalue weighted by Gasteiger charge is 2.76. The third kappa shape index (κ3) is 3.50. The molecule has 0 saturated carbocycles. The lowest BCUT2D eigenvalue weighted by Crippen LogP contribution is -2.69. The van der Waals surface area contributed by atoms with Crippen molar-refractivity contribution < 1.29 is 31.2 Å². The van der Waals surface area contributed by atoms with Gasteiger partial charge in [-0.2, -0.15) is 0 Å². The Labute approximate surface area is 239 Å². The molecule has 3 aromatic rings. The number of rotatable bonds is 6. The van der Waals surface area contributed by atoms with E-state index in [4.69, 9.17) is 4.74 Å². The second kappa shape index (κ2) is 9.66. The summed E-state index contributed by atoms with van der Waals surface area (Å²) in [6.07, 6.45) is 3.18. The second-order valence-electron chi connectivity index (χ2n) is 10.5. The zero-order valence-corrected chi connectivity index (χ0v) is 24.0. The molecule has 1 fully saturated rings. The largest absolute Gasteiger partial charge is 0.464 e. The van der Waals surface area contributed by atoms with Crippen LogP contribution in [0.5, 0.6) is 0 Å². The summed E-state index contributed by atoms with van der Waals surface area (Å²) in [5.41, 5.74) is -1.30. The van der Waals surface area contributed by atoms with Crippen molar-refractivity contribution in [3.63, 3.8) is 0 Å². The second-order valence-corrected chi connectivity index (χ2v) is 15.2. The number of carbonyl (C=O) groups is 2. The molecule has 0 radical (unpaired) electrons. The van der Waals surface area contributed by atoms with Gasteiger partial charge in [0.15, 0.2) is 29.3 Å². The van der Waals surface area contributed by atoms with E-state index in [-0.39, 0.29) is 35.1 Å². The maximum atomic E-state index is 15.1. The molecule has 6 rings (SSSR count). The normalized spacial score (nSPS) is 24.7. The van der Waals surface area contributed by atoms with Gasteiger partial charge >= 0.3 is 5.97 Å². The number of allylic oxidation sites excluding steroid dienone is 1. The molecule has 10 heteroatoms. The van der Waals surface area contributed by atoms with E-state index in [0.29, 0.717) is 11.3 Å². The zero-order valence-electron chi connectivity index (χ0n) is 22.3. The minimum Gasteiger partial charge on any atom is -0.464 e. The fourth-order valence-electron chi connectivity index (χ4n) is 7.04. The molecule has 0 spiro atoms. The van der Waals surface area contributed by atoms with Crippen molar-refractivity contribution in [1.82, 2.24) is 0 Å². The van der Waals surface area contributed by atoms with E-state index in [1.54, 1.807) is 55.5 Å². The Balaban J connectivity index is 1.82. The zero-order chi connectivity index (χ0) is 29.0. The lowest BCUT2D eigenvalue weighted by Gasteiger charge is -2.50. The van der Waals surface area contributed by atoms with E-state index >= 15 is 16.8 Å². The lowest BCUT2D eigenvalue weighted by molar-refractivity contribution is -0.155. The molecule has 1 saturated heterocycles. The van der Waals surface area contributed by atoms with Gasteiger partial charge in [0.1, 0.15) is 0 Å².